The summed E-state index contributed by atoms with van der Waals surface area (Å²) in [6.07, 6.45) is 4.69. The van der Waals surface area contributed by atoms with Gasteiger partial charge in [-0.25, -0.2) is 0 Å². The highest BCUT2D eigenvalue weighted by Gasteiger charge is 2.02. The molecule has 0 aliphatic heterocycles. The van der Waals surface area contributed by atoms with Crippen LogP contribution < -0.4 is 10.5 Å². The van der Waals surface area contributed by atoms with Crippen molar-refractivity contribution in [2.45, 2.75) is 0 Å². The predicted octanol–water partition coefficient (Wildman–Crippen LogP) is 1.17. The number of aromatic nitrogens is 2. The van der Waals surface area contributed by atoms with Crippen LogP contribution in [-0.4, -0.2) is 4.98 Å². The Hall–Kier alpha value is -2.36. The van der Waals surface area contributed by atoms with E-state index in [1.165, 1.54) is 6.20 Å². The Morgan fingerprint density at radius 1 is 1.25 bits per heavy atom. The smallest absolute Gasteiger partial charge is 0.218 e. The van der Waals surface area contributed by atoms with Gasteiger partial charge in [0.05, 0.1) is 11.4 Å². The van der Waals surface area contributed by atoms with Crippen molar-refractivity contribution >= 4 is 11.8 Å². The van der Waals surface area contributed by atoms with Gasteiger partial charge in [0.1, 0.15) is 0 Å². The van der Waals surface area contributed by atoms with Gasteiger partial charge >= 0.3 is 0 Å². The highest BCUT2D eigenvalue weighted by Crippen LogP contribution is 2.07. The number of hydrogen-bond acceptors (Lipinski definition) is 3. The van der Waals surface area contributed by atoms with Crippen LogP contribution in [-0.2, 0) is 0 Å². The van der Waals surface area contributed by atoms with Crippen molar-refractivity contribution in [1.29, 1.82) is 0 Å². The van der Waals surface area contributed by atoms with E-state index in [2.05, 4.69) is 4.98 Å². The maximum atomic E-state index is 11.4. The van der Waals surface area contributed by atoms with E-state index >= 15 is 0 Å². The van der Waals surface area contributed by atoms with E-state index in [4.69, 9.17) is 5.73 Å². The molecule has 0 unspecified atom stereocenters. The second-order valence-corrected chi connectivity index (χ2v) is 3.27. The molecule has 0 radical (unpaired) electrons. The van der Waals surface area contributed by atoms with Crippen LogP contribution in [0.2, 0.25) is 0 Å². The Balaban J connectivity index is 2.36. The zero-order chi connectivity index (χ0) is 11.4. The van der Waals surface area contributed by atoms with Crippen molar-refractivity contribution in [2.75, 3.05) is 0 Å². The maximum absolute atomic E-state index is 11.4. The molecule has 2 N–H and O–H groups in total. The van der Waals surface area contributed by atoms with Crippen LogP contribution in [0.3, 0.4) is 0 Å². The van der Waals surface area contributed by atoms with Crippen LogP contribution in [0.15, 0.2) is 48.8 Å². The summed E-state index contributed by atoms with van der Waals surface area (Å²) in [4.78, 5) is 4.10. The highest BCUT2D eigenvalue weighted by molar-refractivity contribution is 5.75. The van der Waals surface area contributed by atoms with Crippen LogP contribution in [0.25, 0.3) is 11.8 Å². The first-order chi connectivity index (χ1) is 7.77. The predicted molar refractivity (Wildman–Crippen MR) is 61.7 cm³/mol. The first kappa shape index (κ1) is 10.2. The van der Waals surface area contributed by atoms with Crippen LogP contribution in [0.4, 0.5) is 0 Å². The minimum atomic E-state index is 0.469. The molecular weight excluding hydrogens is 202 g/mol. The average Bonchev–Trinajstić information content (AvgIpc) is 2.33. The van der Waals surface area contributed by atoms with Crippen molar-refractivity contribution in [2.24, 2.45) is 5.73 Å². The first-order valence-corrected chi connectivity index (χ1v) is 4.84. The number of nitrogens with zero attached hydrogens (tertiary/aromatic N) is 2. The molecule has 0 aliphatic carbocycles. The lowest BCUT2D eigenvalue weighted by Gasteiger charge is -2.01. The topological polar surface area (TPSA) is 65.8 Å². The van der Waals surface area contributed by atoms with E-state index < -0.39 is 0 Å². The van der Waals surface area contributed by atoms with Gasteiger partial charge in [-0.3, -0.25) is 4.98 Å². The van der Waals surface area contributed by atoms with Gasteiger partial charge in [-0.05, 0) is 18.2 Å². The van der Waals surface area contributed by atoms with Crippen LogP contribution in [0.5, 0.6) is 0 Å². The molecule has 0 aliphatic rings. The summed E-state index contributed by atoms with van der Waals surface area (Å²) in [5, 5.41) is 11.4. The molecule has 0 atom stereocenters. The lowest BCUT2D eigenvalue weighted by Crippen LogP contribution is -2.28. The standard InChI is InChI=1S/C12H11N3O/c13-11(12-6-1-3-7-14-12)9-10-5-2-4-8-15(10)16/h1-9H,13H2. The zero-order valence-corrected chi connectivity index (χ0v) is 8.58. The molecular formula is C12H11N3O. The van der Waals surface area contributed by atoms with Crippen molar-refractivity contribution in [3.05, 3.63) is 65.4 Å². The van der Waals surface area contributed by atoms with Crippen molar-refractivity contribution < 1.29 is 4.73 Å². The summed E-state index contributed by atoms with van der Waals surface area (Å²) in [7, 11) is 0. The SMILES string of the molecule is NC(=Cc1cccc[n+]1[O-])c1ccccn1. The molecule has 0 amide bonds. The van der Waals surface area contributed by atoms with E-state index in [9.17, 15) is 5.21 Å². The Kier molecular flexibility index (Phi) is 2.82. The fraction of sp³-hybridized carbons (Fsp3) is 0. The Bertz CT molecular complexity index is 509. The van der Waals surface area contributed by atoms with E-state index in [-0.39, 0.29) is 0 Å². The molecule has 0 spiro atoms. The molecule has 0 bridgehead atoms. The third-order valence-electron chi connectivity index (χ3n) is 2.12. The van der Waals surface area contributed by atoms with Gasteiger partial charge in [0, 0.05) is 24.4 Å². The van der Waals surface area contributed by atoms with Crippen molar-refractivity contribution in [3.63, 3.8) is 0 Å². The van der Waals surface area contributed by atoms with Crippen LogP contribution in [0.1, 0.15) is 11.4 Å². The normalized spacial score (nSPS) is 11.4. The zero-order valence-electron chi connectivity index (χ0n) is 8.58. The summed E-state index contributed by atoms with van der Waals surface area (Å²) in [6.45, 7) is 0. The molecule has 0 saturated carbocycles. The van der Waals surface area contributed by atoms with Crippen molar-refractivity contribution in [1.82, 2.24) is 4.98 Å². The molecule has 0 saturated heterocycles. The van der Waals surface area contributed by atoms with Gasteiger partial charge in [-0.1, -0.05) is 6.07 Å². The third kappa shape index (κ3) is 2.17. The molecule has 0 aromatic carbocycles. The molecule has 4 heteroatoms. The lowest BCUT2D eigenvalue weighted by molar-refractivity contribution is -0.607. The second-order valence-electron chi connectivity index (χ2n) is 3.27. The van der Waals surface area contributed by atoms with E-state index in [1.807, 2.05) is 12.1 Å². The largest absolute Gasteiger partial charge is 0.618 e. The lowest BCUT2D eigenvalue weighted by atomic mass is 10.2. The molecule has 2 aromatic rings. The Morgan fingerprint density at radius 2 is 2.06 bits per heavy atom. The van der Waals surface area contributed by atoms with Crippen LogP contribution >= 0.6 is 0 Å². The average molecular weight is 213 g/mol. The number of nitrogens with two attached hydrogens (primary N) is 1. The van der Waals surface area contributed by atoms with Gasteiger partial charge in [-0.15, -0.1) is 0 Å². The van der Waals surface area contributed by atoms with Gasteiger partial charge in [0.25, 0.3) is 0 Å². The molecule has 2 aromatic heterocycles. The van der Waals surface area contributed by atoms with E-state index in [0.717, 1.165) is 4.73 Å². The van der Waals surface area contributed by atoms with Gasteiger partial charge < -0.3 is 10.9 Å². The molecule has 16 heavy (non-hydrogen) atoms. The molecule has 0 fully saturated rings. The Morgan fingerprint density at radius 3 is 2.75 bits per heavy atom. The van der Waals surface area contributed by atoms with Gasteiger partial charge in [0.15, 0.2) is 6.20 Å². The summed E-state index contributed by atoms with van der Waals surface area (Å²) in [5.74, 6) is 0. The maximum Gasteiger partial charge on any atom is 0.218 e. The molecule has 4 nitrogen and oxygen atoms in total. The quantitative estimate of drug-likeness (QED) is 0.601. The molecule has 80 valence electrons. The minimum absolute atomic E-state index is 0.469. The van der Waals surface area contributed by atoms with E-state index in [1.54, 1.807) is 36.5 Å². The summed E-state index contributed by atoms with van der Waals surface area (Å²) < 4.78 is 0.760. The second kappa shape index (κ2) is 4.44. The summed E-state index contributed by atoms with van der Waals surface area (Å²) >= 11 is 0. The van der Waals surface area contributed by atoms with Gasteiger partial charge in [-0.2, -0.15) is 4.73 Å². The number of pyridine rings is 2. The highest BCUT2D eigenvalue weighted by atomic mass is 16.5. The van der Waals surface area contributed by atoms with E-state index in [0.29, 0.717) is 17.1 Å². The summed E-state index contributed by atoms with van der Waals surface area (Å²) in [5.41, 5.74) is 7.46. The molecule has 2 heterocycles. The first-order valence-electron chi connectivity index (χ1n) is 4.84. The van der Waals surface area contributed by atoms with Crippen LogP contribution in [0, 0.1) is 5.21 Å². The monoisotopic (exact) mass is 213 g/mol. The minimum Gasteiger partial charge on any atom is -0.618 e. The molecule has 2 rings (SSSR count). The van der Waals surface area contributed by atoms with Gasteiger partial charge in [0.2, 0.25) is 5.69 Å². The van der Waals surface area contributed by atoms with Crippen molar-refractivity contribution in [3.8, 4) is 0 Å². The fourth-order valence-corrected chi connectivity index (χ4v) is 1.32. The number of rotatable bonds is 2. The number of hydrogen-bond donors (Lipinski definition) is 1. The third-order valence-corrected chi connectivity index (χ3v) is 2.12. The fourth-order valence-electron chi connectivity index (χ4n) is 1.32. The Labute approximate surface area is 93.3 Å². The summed E-state index contributed by atoms with van der Waals surface area (Å²) in [6, 6.07) is 10.6.